The van der Waals surface area contributed by atoms with E-state index in [1.807, 2.05) is 13.8 Å². The Morgan fingerprint density at radius 2 is 1.79 bits per heavy atom. The normalized spacial score (nSPS) is 20.2. The molecule has 0 amide bonds. The van der Waals surface area contributed by atoms with Crippen LogP contribution in [0.25, 0.3) is 0 Å². The van der Waals surface area contributed by atoms with Gasteiger partial charge in [0.15, 0.2) is 9.84 Å². The van der Waals surface area contributed by atoms with Crippen molar-refractivity contribution in [2.75, 3.05) is 12.3 Å². The van der Waals surface area contributed by atoms with Crippen LogP contribution in [0.1, 0.15) is 39.5 Å². The van der Waals surface area contributed by atoms with E-state index in [0.717, 1.165) is 25.7 Å². The van der Waals surface area contributed by atoms with E-state index in [4.69, 9.17) is 5.73 Å². The van der Waals surface area contributed by atoms with E-state index in [1.165, 1.54) is 0 Å². The highest BCUT2D eigenvalue weighted by Crippen LogP contribution is 2.28. The molecule has 1 saturated carbocycles. The fourth-order valence-corrected chi connectivity index (χ4v) is 4.46. The van der Waals surface area contributed by atoms with Gasteiger partial charge in [-0.15, -0.1) is 0 Å². The van der Waals surface area contributed by atoms with Crippen molar-refractivity contribution < 1.29 is 8.42 Å². The summed E-state index contributed by atoms with van der Waals surface area (Å²) in [6.45, 7) is 4.26. The molecular weight excluding hydrogens is 198 g/mol. The maximum absolute atomic E-state index is 12.0. The molecule has 1 fully saturated rings. The molecule has 0 saturated heterocycles. The Hall–Kier alpha value is -0.0900. The number of rotatable bonds is 4. The van der Waals surface area contributed by atoms with Crippen LogP contribution in [0.15, 0.2) is 0 Å². The first-order valence-corrected chi connectivity index (χ1v) is 7.00. The minimum atomic E-state index is -2.91. The van der Waals surface area contributed by atoms with Gasteiger partial charge in [-0.25, -0.2) is 8.42 Å². The molecule has 0 heterocycles. The Morgan fingerprint density at radius 3 is 2.21 bits per heavy atom. The molecule has 0 aromatic rings. The molecule has 3 nitrogen and oxygen atoms in total. The first kappa shape index (κ1) is 12.0. The van der Waals surface area contributed by atoms with Crippen molar-refractivity contribution in [1.29, 1.82) is 0 Å². The Kier molecular flexibility index (Phi) is 3.58. The second kappa shape index (κ2) is 4.19. The van der Waals surface area contributed by atoms with Crippen LogP contribution >= 0.6 is 0 Å². The number of nitrogens with two attached hydrogens (primary N) is 1. The molecule has 0 aromatic heterocycles. The summed E-state index contributed by atoms with van der Waals surface area (Å²) < 4.78 is 23.9. The molecule has 0 bridgehead atoms. The van der Waals surface area contributed by atoms with Gasteiger partial charge in [-0.2, -0.15) is 0 Å². The number of hydrogen-bond donors (Lipinski definition) is 1. The van der Waals surface area contributed by atoms with Crippen LogP contribution in [0, 0.1) is 5.41 Å². The van der Waals surface area contributed by atoms with Gasteiger partial charge >= 0.3 is 0 Å². The molecular formula is C10H21NO2S. The average Bonchev–Trinajstić information content (AvgIpc) is 2.54. The van der Waals surface area contributed by atoms with Crippen molar-refractivity contribution in [3.05, 3.63) is 0 Å². The topological polar surface area (TPSA) is 60.2 Å². The van der Waals surface area contributed by atoms with Crippen LogP contribution in [0.2, 0.25) is 0 Å². The van der Waals surface area contributed by atoms with E-state index >= 15 is 0 Å². The lowest BCUT2D eigenvalue weighted by Crippen LogP contribution is -2.35. The lowest BCUT2D eigenvalue weighted by atomic mass is 9.97. The summed E-state index contributed by atoms with van der Waals surface area (Å²) in [5.74, 6) is 0.237. The van der Waals surface area contributed by atoms with Crippen molar-refractivity contribution in [2.45, 2.75) is 44.8 Å². The van der Waals surface area contributed by atoms with Crippen LogP contribution < -0.4 is 5.73 Å². The summed E-state index contributed by atoms with van der Waals surface area (Å²) in [4.78, 5) is 0. The zero-order valence-corrected chi connectivity index (χ0v) is 9.94. The monoisotopic (exact) mass is 219 g/mol. The predicted molar refractivity (Wildman–Crippen MR) is 58.9 cm³/mol. The Bertz CT molecular complexity index is 276. The molecule has 0 aliphatic heterocycles. The second-order valence-electron chi connectivity index (χ2n) is 5.08. The average molecular weight is 219 g/mol. The zero-order chi connectivity index (χ0) is 10.8. The smallest absolute Gasteiger partial charge is 0.153 e. The molecule has 14 heavy (non-hydrogen) atoms. The molecule has 1 aliphatic rings. The highest BCUT2D eigenvalue weighted by molar-refractivity contribution is 7.92. The quantitative estimate of drug-likeness (QED) is 0.776. The zero-order valence-electron chi connectivity index (χ0n) is 9.12. The number of sulfone groups is 1. The van der Waals surface area contributed by atoms with E-state index in [1.54, 1.807) is 0 Å². The van der Waals surface area contributed by atoms with Crippen molar-refractivity contribution in [3.63, 3.8) is 0 Å². The molecule has 0 atom stereocenters. The van der Waals surface area contributed by atoms with Crippen LogP contribution in [-0.4, -0.2) is 26.0 Å². The molecule has 0 radical (unpaired) electrons. The maximum atomic E-state index is 12.0. The molecule has 0 aromatic carbocycles. The first-order valence-electron chi connectivity index (χ1n) is 5.29. The first-order chi connectivity index (χ1) is 6.37. The fourth-order valence-electron chi connectivity index (χ4n) is 1.97. The van der Waals surface area contributed by atoms with Gasteiger partial charge in [0.2, 0.25) is 0 Å². The van der Waals surface area contributed by atoms with Crippen LogP contribution in [0.5, 0.6) is 0 Å². The fraction of sp³-hybridized carbons (Fsp3) is 1.00. The standard InChI is InChI=1S/C10H21NO2S/c1-10(2,7-11)8-14(12,13)9-5-3-4-6-9/h9H,3-8,11H2,1-2H3. The van der Waals surface area contributed by atoms with Gasteiger partial charge < -0.3 is 5.73 Å². The van der Waals surface area contributed by atoms with E-state index in [0.29, 0.717) is 6.54 Å². The minimum Gasteiger partial charge on any atom is -0.330 e. The summed E-state index contributed by atoms with van der Waals surface area (Å²) >= 11 is 0. The van der Waals surface area contributed by atoms with E-state index in [-0.39, 0.29) is 16.4 Å². The van der Waals surface area contributed by atoms with Gasteiger partial charge in [0, 0.05) is 0 Å². The lowest BCUT2D eigenvalue weighted by molar-refractivity contribution is 0.422. The number of hydrogen-bond acceptors (Lipinski definition) is 3. The summed E-state index contributed by atoms with van der Waals surface area (Å²) in [6.07, 6.45) is 3.83. The van der Waals surface area contributed by atoms with E-state index in [2.05, 4.69) is 0 Å². The van der Waals surface area contributed by atoms with Crippen LogP contribution in [0.4, 0.5) is 0 Å². The molecule has 0 spiro atoms. The minimum absolute atomic E-state index is 0.0895. The van der Waals surface area contributed by atoms with Gasteiger partial charge in [-0.1, -0.05) is 26.7 Å². The summed E-state index contributed by atoms with van der Waals surface area (Å²) in [5.41, 5.74) is 5.27. The Labute approximate surface area is 87.0 Å². The highest BCUT2D eigenvalue weighted by Gasteiger charge is 2.33. The Balaban J connectivity index is 2.66. The second-order valence-corrected chi connectivity index (χ2v) is 7.36. The highest BCUT2D eigenvalue weighted by atomic mass is 32.2. The maximum Gasteiger partial charge on any atom is 0.153 e. The largest absolute Gasteiger partial charge is 0.330 e. The van der Waals surface area contributed by atoms with Gasteiger partial charge in [0.25, 0.3) is 0 Å². The third-order valence-corrected chi connectivity index (χ3v) is 5.63. The lowest BCUT2D eigenvalue weighted by Gasteiger charge is -2.24. The van der Waals surface area contributed by atoms with Crippen molar-refractivity contribution in [2.24, 2.45) is 11.1 Å². The third-order valence-electron chi connectivity index (χ3n) is 2.95. The molecule has 2 N–H and O–H groups in total. The molecule has 1 aliphatic carbocycles. The Morgan fingerprint density at radius 1 is 1.29 bits per heavy atom. The van der Waals surface area contributed by atoms with E-state index in [9.17, 15) is 8.42 Å². The van der Waals surface area contributed by atoms with E-state index < -0.39 is 9.84 Å². The van der Waals surface area contributed by atoms with Crippen LogP contribution in [-0.2, 0) is 9.84 Å². The summed E-state index contributed by atoms with van der Waals surface area (Å²) in [6, 6.07) is 0. The van der Waals surface area contributed by atoms with Gasteiger partial charge in [0.05, 0.1) is 11.0 Å². The SMILES string of the molecule is CC(C)(CN)CS(=O)(=O)C1CCCC1. The molecule has 1 rings (SSSR count). The molecule has 0 unspecified atom stereocenters. The molecule has 84 valence electrons. The summed E-state index contributed by atoms with van der Waals surface area (Å²) in [7, 11) is -2.91. The van der Waals surface area contributed by atoms with Crippen LogP contribution in [0.3, 0.4) is 0 Å². The molecule has 4 heteroatoms. The van der Waals surface area contributed by atoms with Crippen molar-refractivity contribution >= 4 is 9.84 Å². The van der Waals surface area contributed by atoms with Crippen molar-refractivity contribution in [3.8, 4) is 0 Å². The van der Waals surface area contributed by atoms with Gasteiger partial charge in [-0.05, 0) is 24.8 Å². The van der Waals surface area contributed by atoms with Gasteiger partial charge in [-0.3, -0.25) is 0 Å². The predicted octanol–water partition coefficient (Wildman–Crippen LogP) is 1.33. The summed E-state index contributed by atoms with van der Waals surface area (Å²) in [5, 5.41) is -0.0895. The van der Waals surface area contributed by atoms with Gasteiger partial charge in [0.1, 0.15) is 0 Å². The van der Waals surface area contributed by atoms with Crippen molar-refractivity contribution in [1.82, 2.24) is 0 Å². The third kappa shape index (κ3) is 2.95.